The van der Waals surface area contributed by atoms with E-state index in [0.717, 1.165) is 18.9 Å². The molecule has 2 heterocycles. The van der Waals surface area contributed by atoms with Gasteiger partial charge in [0.15, 0.2) is 0 Å². The van der Waals surface area contributed by atoms with Gasteiger partial charge < -0.3 is 10.2 Å². The predicted octanol–water partition coefficient (Wildman–Crippen LogP) is 3.02. The van der Waals surface area contributed by atoms with E-state index in [2.05, 4.69) is 29.0 Å². The maximum atomic E-state index is 5.87. The molecule has 2 rings (SSSR count). The Kier molecular flexibility index (Phi) is 4.24. The molecule has 1 aromatic rings. The van der Waals surface area contributed by atoms with Crippen molar-refractivity contribution in [3.05, 3.63) is 23.4 Å². The highest BCUT2D eigenvalue weighted by Crippen LogP contribution is 2.17. The van der Waals surface area contributed by atoms with Gasteiger partial charge in [0.05, 0.1) is 0 Å². The van der Waals surface area contributed by atoms with Crippen molar-refractivity contribution in [1.82, 2.24) is 9.88 Å². The number of halogens is 1. The lowest BCUT2D eigenvalue weighted by Gasteiger charge is -2.35. The predicted molar refractivity (Wildman–Crippen MR) is 72.6 cm³/mol. The monoisotopic (exact) mass is 253 g/mol. The van der Waals surface area contributed by atoms with E-state index in [0.29, 0.717) is 17.2 Å². The Balaban J connectivity index is 1.86. The minimum absolute atomic E-state index is 0.524. The van der Waals surface area contributed by atoms with Crippen LogP contribution < -0.4 is 5.32 Å². The molecular formula is C13H20ClN3. The van der Waals surface area contributed by atoms with Crippen LogP contribution >= 0.6 is 11.6 Å². The van der Waals surface area contributed by atoms with E-state index in [1.54, 1.807) is 6.07 Å². The number of pyridine rings is 1. The first-order valence-corrected chi connectivity index (χ1v) is 6.66. The molecule has 1 aliphatic heterocycles. The number of nitrogens with zero attached hydrogens (tertiary/aromatic N) is 2. The molecule has 4 heteroatoms. The Morgan fingerprint density at radius 3 is 2.65 bits per heavy atom. The van der Waals surface area contributed by atoms with Crippen LogP contribution in [0.4, 0.5) is 5.82 Å². The van der Waals surface area contributed by atoms with Gasteiger partial charge in [-0.05, 0) is 38.8 Å². The topological polar surface area (TPSA) is 28.2 Å². The van der Waals surface area contributed by atoms with Crippen molar-refractivity contribution >= 4 is 17.4 Å². The van der Waals surface area contributed by atoms with Crippen molar-refractivity contribution in [2.75, 3.05) is 18.4 Å². The van der Waals surface area contributed by atoms with E-state index >= 15 is 0 Å². The first-order valence-electron chi connectivity index (χ1n) is 6.28. The van der Waals surface area contributed by atoms with Gasteiger partial charge in [-0.15, -0.1) is 0 Å². The molecule has 0 saturated carbocycles. The molecule has 0 atom stereocenters. The summed E-state index contributed by atoms with van der Waals surface area (Å²) in [6.45, 7) is 6.84. The van der Waals surface area contributed by atoms with Gasteiger partial charge in [0.25, 0.3) is 0 Å². The summed E-state index contributed by atoms with van der Waals surface area (Å²) in [6, 6.07) is 6.88. The summed E-state index contributed by atoms with van der Waals surface area (Å²) in [5.74, 6) is 0.889. The summed E-state index contributed by atoms with van der Waals surface area (Å²) in [5.41, 5.74) is 0. The number of anilines is 1. The maximum Gasteiger partial charge on any atom is 0.131 e. The van der Waals surface area contributed by atoms with Crippen molar-refractivity contribution in [2.24, 2.45) is 0 Å². The average molecular weight is 254 g/mol. The SMILES string of the molecule is CC(C)N1CCC(Nc2cccc(Cl)n2)CC1. The molecule has 0 aromatic carbocycles. The van der Waals surface area contributed by atoms with Crippen molar-refractivity contribution in [2.45, 2.75) is 38.8 Å². The van der Waals surface area contributed by atoms with Gasteiger partial charge >= 0.3 is 0 Å². The number of hydrogen-bond acceptors (Lipinski definition) is 3. The second-order valence-corrected chi connectivity index (χ2v) is 5.28. The van der Waals surface area contributed by atoms with Gasteiger partial charge in [-0.25, -0.2) is 4.98 Å². The summed E-state index contributed by atoms with van der Waals surface area (Å²) in [7, 11) is 0. The number of hydrogen-bond donors (Lipinski definition) is 1. The minimum Gasteiger partial charge on any atom is -0.367 e. The number of likely N-dealkylation sites (tertiary alicyclic amines) is 1. The second kappa shape index (κ2) is 5.69. The van der Waals surface area contributed by atoms with Crippen LogP contribution in [0.1, 0.15) is 26.7 Å². The van der Waals surface area contributed by atoms with E-state index in [1.807, 2.05) is 12.1 Å². The van der Waals surface area contributed by atoms with Crippen LogP contribution in [0.3, 0.4) is 0 Å². The van der Waals surface area contributed by atoms with Gasteiger partial charge in [0.2, 0.25) is 0 Å². The molecule has 0 aliphatic carbocycles. The third-order valence-electron chi connectivity index (χ3n) is 3.33. The summed E-state index contributed by atoms with van der Waals surface area (Å²) in [4.78, 5) is 6.78. The molecule has 1 aliphatic rings. The molecule has 0 spiro atoms. The fourth-order valence-corrected chi connectivity index (χ4v) is 2.42. The van der Waals surface area contributed by atoms with E-state index < -0.39 is 0 Å². The van der Waals surface area contributed by atoms with Crippen molar-refractivity contribution in [1.29, 1.82) is 0 Å². The number of rotatable bonds is 3. The fraction of sp³-hybridized carbons (Fsp3) is 0.615. The zero-order valence-electron chi connectivity index (χ0n) is 10.5. The van der Waals surface area contributed by atoms with Gasteiger partial charge in [0, 0.05) is 25.2 Å². The van der Waals surface area contributed by atoms with E-state index in [-0.39, 0.29) is 0 Å². The van der Waals surface area contributed by atoms with Crippen molar-refractivity contribution in [3.8, 4) is 0 Å². The lowest BCUT2D eigenvalue weighted by molar-refractivity contribution is 0.177. The molecule has 0 unspecified atom stereocenters. The minimum atomic E-state index is 0.524. The quantitative estimate of drug-likeness (QED) is 0.840. The second-order valence-electron chi connectivity index (χ2n) is 4.89. The Labute approximate surface area is 108 Å². The maximum absolute atomic E-state index is 5.87. The van der Waals surface area contributed by atoms with Crippen LogP contribution in [0.5, 0.6) is 0 Å². The Hall–Kier alpha value is -0.800. The first kappa shape index (κ1) is 12.7. The van der Waals surface area contributed by atoms with Crippen LogP contribution in [-0.2, 0) is 0 Å². The molecule has 0 bridgehead atoms. The molecule has 1 fully saturated rings. The molecule has 1 saturated heterocycles. The molecule has 0 radical (unpaired) electrons. The molecule has 1 N–H and O–H groups in total. The van der Waals surface area contributed by atoms with Crippen LogP contribution in [0.2, 0.25) is 5.15 Å². The smallest absolute Gasteiger partial charge is 0.131 e. The van der Waals surface area contributed by atoms with E-state index in [4.69, 9.17) is 11.6 Å². The highest BCUT2D eigenvalue weighted by Gasteiger charge is 2.20. The summed E-state index contributed by atoms with van der Waals surface area (Å²) in [5, 5.41) is 4.01. The largest absolute Gasteiger partial charge is 0.367 e. The Morgan fingerprint density at radius 1 is 1.35 bits per heavy atom. The van der Waals surface area contributed by atoms with Crippen molar-refractivity contribution in [3.63, 3.8) is 0 Å². The summed E-state index contributed by atoms with van der Waals surface area (Å²) >= 11 is 5.87. The third-order valence-corrected chi connectivity index (χ3v) is 3.54. The third kappa shape index (κ3) is 3.58. The van der Waals surface area contributed by atoms with Crippen molar-refractivity contribution < 1.29 is 0 Å². The molecule has 0 amide bonds. The average Bonchev–Trinajstić information content (AvgIpc) is 2.29. The standard InChI is InChI=1S/C13H20ClN3/c1-10(2)17-8-6-11(7-9-17)15-13-5-3-4-12(14)16-13/h3-5,10-11H,6-9H2,1-2H3,(H,15,16). The lowest BCUT2D eigenvalue weighted by Crippen LogP contribution is -2.42. The highest BCUT2D eigenvalue weighted by molar-refractivity contribution is 6.29. The fourth-order valence-electron chi connectivity index (χ4n) is 2.26. The molecule has 94 valence electrons. The van der Waals surface area contributed by atoms with Crippen LogP contribution in [0, 0.1) is 0 Å². The van der Waals surface area contributed by atoms with Gasteiger partial charge in [-0.2, -0.15) is 0 Å². The number of aromatic nitrogens is 1. The van der Waals surface area contributed by atoms with Gasteiger partial charge in [-0.1, -0.05) is 17.7 Å². The lowest BCUT2D eigenvalue weighted by atomic mass is 10.0. The first-order chi connectivity index (χ1) is 8.15. The summed E-state index contributed by atoms with van der Waals surface area (Å²) < 4.78 is 0. The number of nitrogens with one attached hydrogen (secondary N) is 1. The summed E-state index contributed by atoms with van der Waals surface area (Å²) in [6.07, 6.45) is 2.35. The number of piperidine rings is 1. The zero-order chi connectivity index (χ0) is 12.3. The van der Waals surface area contributed by atoms with Gasteiger partial charge in [-0.3, -0.25) is 0 Å². The molecule has 3 nitrogen and oxygen atoms in total. The van der Waals surface area contributed by atoms with Gasteiger partial charge in [0.1, 0.15) is 11.0 Å². The normalized spacial score (nSPS) is 18.6. The molecular weight excluding hydrogens is 234 g/mol. The van der Waals surface area contributed by atoms with Crippen LogP contribution in [0.25, 0.3) is 0 Å². The van der Waals surface area contributed by atoms with E-state index in [1.165, 1.54) is 12.8 Å². The van der Waals surface area contributed by atoms with Crippen LogP contribution in [-0.4, -0.2) is 35.1 Å². The van der Waals surface area contributed by atoms with Crippen LogP contribution in [0.15, 0.2) is 18.2 Å². The Bertz CT molecular complexity index is 359. The molecule has 1 aromatic heterocycles. The Morgan fingerprint density at radius 2 is 2.06 bits per heavy atom. The van der Waals surface area contributed by atoms with E-state index in [9.17, 15) is 0 Å². The molecule has 17 heavy (non-hydrogen) atoms. The zero-order valence-corrected chi connectivity index (χ0v) is 11.2. The highest BCUT2D eigenvalue weighted by atomic mass is 35.5.